The number of hydrogen-bond acceptors (Lipinski definition) is 6. The minimum absolute atomic E-state index is 0. The van der Waals surface area contributed by atoms with E-state index in [1.54, 1.807) is 0 Å². The molecule has 0 spiro atoms. The second kappa shape index (κ2) is 15.2. The Morgan fingerprint density at radius 2 is 1.07 bits per heavy atom. The van der Waals surface area contributed by atoms with Crippen LogP contribution in [0.4, 0.5) is 0 Å². The summed E-state index contributed by atoms with van der Waals surface area (Å²) in [5.74, 6) is 0. The Hall–Kier alpha value is 2.16. The van der Waals surface area contributed by atoms with Crippen molar-refractivity contribution in [3.05, 3.63) is 0 Å². The summed E-state index contributed by atoms with van der Waals surface area (Å²) in [5, 5.41) is 0. The Morgan fingerprint density at radius 1 is 1.07 bits per heavy atom. The second-order valence-corrected chi connectivity index (χ2v) is 2.70. The Balaban J connectivity index is -0.0000000178. The molecule has 0 aromatic heterocycles. The molecule has 14 heavy (non-hydrogen) atoms. The molecule has 14 heteroatoms. The van der Waals surface area contributed by atoms with E-state index in [1.807, 2.05) is 0 Å². The summed E-state index contributed by atoms with van der Waals surface area (Å²) < 4.78 is 42.9. The van der Waals surface area contributed by atoms with Gasteiger partial charge in [-0.3, -0.25) is 13.0 Å². The maximum atomic E-state index is 8.77. The Labute approximate surface area is 131 Å². The molecule has 0 aliphatic heterocycles. The van der Waals surface area contributed by atoms with Crippen LogP contribution in [0.2, 0.25) is 0 Å². The second-order valence-electron chi connectivity index (χ2n) is 0.899. The van der Waals surface area contributed by atoms with Gasteiger partial charge in [-0.05, 0) is 0 Å². The van der Waals surface area contributed by atoms with Crippen LogP contribution in [0.3, 0.4) is 0 Å². The summed E-state index contributed by atoms with van der Waals surface area (Å²) >= 11 is 0. The van der Waals surface area contributed by atoms with Crippen LogP contribution in [-0.2, 0) is 15.0 Å². The molecule has 0 aliphatic rings. The Kier molecular flexibility index (Phi) is 39.0. The van der Waals surface area contributed by atoms with E-state index in [4.69, 9.17) is 36.8 Å². The largest absolute Gasteiger partial charge is 2.00 e. The van der Waals surface area contributed by atoms with Gasteiger partial charge < -0.3 is 34.7 Å². The van der Waals surface area contributed by atoms with Crippen molar-refractivity contribution in [3.63, 3.8) is 0 Å². The summed E-state index contributed by atoms with van der Waals surface area (Å²) in [5.41, 5.74) is 0. The van der Waals surface area contributed by atoms with E-state index >= 15 is 0 Å². The van der Waals surface area contributed by atoms with Crippen LogP contribution in [0.1, 0.15) is 0 Å². The molecule has 0 fully saturated rings. The van der Waals surface area contributed by atoms with Crippen molar-refractivity contribution in [2.75, 3.05) is 0 Å². The van der Waals surface area contributed by atoms with Crippen molar-refractivity contribution in [2.24, 2.45) is 0 Å². The fraction of sp³-hybridized carbons (Fsp3) is 0. The SMILES string of the molecule is O.O.O=P([O-])(O)O.O=S(=O)([O-])[O-].[Ca+2].[Na+]. The molecule has 0 aliphatic carbocycles. The van der Waals surface area contributed by atoms with Crippen molar-refractivity contribution in [1.29, 1.82) is 0 Å². The Morgan fingerprint density at radius 3 is 1.07 bits per heavy atom. The molecule has 0 amide bonds. The average Bonchev–Trinajstić information content (AvgIpc) is 1.12. The van der Waals surface area contributed by atoms with E-state index in [0.29, 0.717) is 0 Å². The molecule has 0 radical (unpaired) electrons. The normalized spacial score (nSPS) is 8.36. The van der Waals surface area contributed by atoms with Crippen molar-refractivity contribution < 1.29 is 77.3 Å². The molecule has 0 saturated carbocycles. The smallest absolute Gasteiger partial charge is 0.759 e. The van der Waals surface area contributed by atoms with Crippen LogP contribution < -0.4 is 34.5 Å². The molecular formula is H6CaNaO10PS. The molecule has 0 rings (SSSR count). The van der Waals surface area contributed by atoms with E-state index in [2.05, 4.69) is 0 Å². The van der Waals surface area contributed by atoms with E-state index in [0.717, 1.165) is 0 Å². The monoisotopic (exact) mass is 292 g/mol. The first kappa shape index (κ1) is 36.0. The number of rotatable bonds is 0. The summed E-state index contributed by atoms with van der Waals surface area (Å²) in [6.07, 6.45) is 0. The molecule has 0 aromatic rings. The van der Waals surface area contributed by atoms with Gasteiger partial charge in [-0.15, -0.1) is 0 Å². The van der Waals surface area contributed by atoms with Gasteiger partial charge in [0.25, 0.3) is 7.82 Å². The van der Waals surface area contributed by atoms with Crippen molar-refractivity contribution in [2.45, 2.75) is 0 Å². The first-order valence-electron chi connectivity index (χ1n) is 1.43. The molecule has 80 valence electrons. The van der Waals surface area contributed by atoms with Crippen LogP contribution in [0.15, 0.2) is 0 Å². The van der Waals surface area contributed by atoms with Crippen LogP contribution in [0, 0.1) is 0 Å². The van der Waals surface area contributed by atoms with Crippen LogP contribution in [0.25, 0.3) is 0 Å². The minimum atomic E-state index is -5.17. The number of hydrogen-bond donors (Lipinski definition) is 2. The van der Waals surface area contributed by atoms with Crippen LogP contribution in [0.5, 0.6) is 0 Å². The minimum Gasteiger partial charge on any atom is -0.759 e. The van der Waals surface area contributed by atoms with Crippen LogP contribution in [-0.4, -0.2) is 76.0 Å². The fourth-order valence-electron chi connectivity index (χ4n) is 0. The van der Waals surface area contributed by atoms with Gasteiger partial charge in [-0.1, -0.05) is 0 Å². The Bertz CT molecular complexity index is 198. The molecule has 0 aromatic carbocycles. The van der Waals surface area contributed by atoms with E-state index in [-0.39, 0.29) is 78.2 Å². The third-order valence-corrected chi connectivity index (χ3v) is 0. The molecule has 0 bridgehead atoms. The summed E-state index contributed by atoms with van der Waals surface area (Å²) in [6.45, 7) is 0. The molecule has 10 nitrogen and oxygen atoms in total. The third kappa shape index (κ3) is 526. The van der Waals surface area contributed by atoms with Gasteiger partial charge in [-0.25, -0.2) is 0 Å². The molecule has 0 atom stereocenters. The number of phosphoric acid groups is 1. The van der Waals surface area contributed by atoms with Crippen molar-refractivity contribution in [3.8, 4) is 0 Å². The standard InChI is InChI=1S/Ca.Na.H3O4P.H2O4S.2H2O/c;;2*1-5(2,3)4;;/h;;(H3,1,2,3,4);(H2,1,2,3,4);2*1H2/q+2;+1;;;;/p-3. The van der Waals surface area contributed by atoms with Gasteiger partial charge in [0, 0.05) is 10.4 Å². The first-order valence-corrected chi connectivity index (χ1v) is 4.30. The molecular weight excluding hydrogens is 286 g/mol. The van der Waals surface area contributed by atoms with E-state index in [1.165, 1.54) is 0 Å². The zero-order valence-corrected chi connectivity index (χ0v) is 12.8. The predicted molar refractivity (Wildman–Crippen MR) is 35.5 cm³/mol. The summed E-state index contributed by atoms with van der Waals surface area (Å²) in [7, 11) is -10.1. The van der Waals surface area contributed by atoms with Crippen LogP contribution >= 0.6 is 7.82 Å². The molecule has 0 unspecified atom stereocenters. The molecule has 0 heterocycles. The molecule has 0 saturated heterocycles. The van der Waals surface area contributed by atoms with Gasteiger partial charge in [0.15, 0.2) is 0 Å². The fourth-order valence-corrected chi connectivity index (χ4v) is 0. The summed E-state index contributed by atoms with van der Waals surface area (Å²) in [4.78, 5) is 22.9. The zero-order valence-electron chi connectivity index (χ0n) is 6.91. The summed E-state index contributed by atoms with van der Waals surface area (Å²) in [6, 6.07) is 0. The van der Waals surface area contributed by atoms with Gasteiger partial charge in [0.05, 0.1) is 0 Å². The third-order valence-electron chi connectivity index (χ3n) is 0. The quantitative estimate of drug-likeness (QED) is 0.188. The molecule has 6 N–H and O–H groups in total. The van der Waals surface area contributed by atoms with Crippen molar-refractivity contribution in [1.82, 2.24) is 0 Å². The maximum absolute atomic E-state index is 8.77. The first-order chi connectivity index (χ1) is 4.00. The van der Waals surface area contributed by atoms with E-state index in [9.17, 15) is 0 Å². The van der Waals surface area contributed by atoms with E-state index < -0.39 is 18.2 Å². The maximum Gasteiger partial charge on any atom is 2.00 e. The van der Waals surface area contributed by atoms with Gasteiger partial charge in [0.1, 0.15) is 0 Å². The topological polar surface area (TPSA) is 224 Å². The van der Waals surface area contributed by atoms with Crippen molar-refractivity contribution >= 4 is 56.0 Å². The van der Waals surface area contributed by atoms with Gasteiger partial charge >= 0.3 is 67.3 Å². The van der Waals surface area contributed by atoms with Gasteiger partial charge in [0.2, 0.25) is 0 Å². The predicted octanol–water partition coefficient (Wildman–Crippen LogP) is -7.92. The zero-order chi connectivity index (χ0) is 9.00. The average molecular weight is 292 g/mol. The van der Waals surface area contributed by atoms with Gasteiger partial charge in [-0.2, -0.15) is 0 Å².